The number of carbonyl (C=O) groups excluding carboxylic acids is 1. The van der Waals surface area contributed by atoms with E-state index in [-0.39, 0.29) is 5.97 Å². The normalized spacial score (nSPS) is 10.2. The number of carbonyl (C=O) groups is 1. The van der Waals surface area contributed by atoms with Gasteiger partial charge in [-0.15, -0.1) is 0 Å². The lowest BCUT2D eigenvalue weighted by atomic mass is 10.1. The van der Waals surface area contributed by atoms with Crippen molar-refractivity contribution in [2.75, 3.05) is 6.61 Å². The zero-order valence-corrected chi connectivity index (χ0v) is 8.77. The van der Waals surface area contributed by atoms with Crippen molar-refractivity contribution in [3.63, 3.8) is 0 Å². The lowest BCUT2D eigenvalue weighted by Gasteiger charge is -2.01. The number of hydrogen-bond acceptors (Lipinski definition) is 2. The molecular weight excluding hydrogens is 188 g/mol. The molecule has 0 aromatic heterocycles. The van der Waals surface area contributed by atoms with E-state index in [1.807, 2.05) is 24.3 Å². The summed E-state index contributed by atoms with van der Waals surface area (Å²) in [6.45, 7) is 5.78. The van der Waals surface area contributed by atoms with Gasteiger partial charge in [-0.1, -0.05) is 36.9 Å². The average Bonchev–Trinajstić information content (AvgIpc) is 2.27. The first kappa shape index (κ1) is 11.2. The molecule has 1 aromatic carbocycles. The second-order valence-corrected chi connectivity index (χ2v) is 2.94. The van der Waals surface area contributed by atoms with Gasteiger partial charge in [-0.2, -0.15) is 0 Å². The van der Waals surface area contributed by atoms with Gasteiger partial charge in [-0.25, -0.2) is 4.79 Å². The molecule has 0 saturated carbocycles. The number of hydrogen-bond donors (Lipinski definition) is 0. The first-order chi connectivity index (χ1) is 7.27. The van der Waals surface area contributed by atoms with Gasteiger partial charge in [0.1, 0.15) is 0 Å². The molecule has 15 heavy (non-hydrogen) atoms. The van der Waals surface area contributed by atoms with Crippen LogP contribution in [0.3, 0.4) is 0 Å². The Kier molecular flexibility index (Phi) is 4.35. The van der Waals surface area contributed by atoms with Crippen LogP contribution >= 0.6 is 0 Å². The molecule has 2 heteroatoms. The summed E-state index contributed by atoms with van der Waals surface area (Å²) in [5.41, 5.74) is 1.61. The molecule has 0 amide bonds. The van der Waals surface area contributed by atoms with E-state index in [4.69, 9.17) is 4.74 Å². The van der Waals surface area contributed by atoms with Gasteiger partial charge in [-0.3, -0.25) is 0 Å². The Morgan fingerprint density at radius 1 is 1.40 bits per heavy atom. The molecule has 0 heterocycles. The first-order valence-corrected chi connectivity index (χ1v) is 4.84. The summed E-state index contributed by atoms with van der Waals surface area (Å²) >= 11 is 0. The van der Waals surface area contributed by atoms with Crippen LogP contribution in [0.5, 0.6) is 0 Å². The Balaban J connectivity index is 2.75. The van der Waals surface area contributed by atoms with Gasteiger partial charge in [0.25, 0.3) is 0 Å². The molecule has 0 aliphatic carbocycles. The van der Waals surface area contributed by atoms with Crippen molar-refractivity contribution in [1.29, 1.82) is 0 Å². The molecule has 0 fully saturated rings. The molecule has 0 aliphatic heterocycles. The maximum atomic E-state index is 11.3. The van der Waals surface area contributed by atoms with Crippen LogP contribution in [-0.2, 0) is 4.74 Å². The molecule has 0 unspecified atom stereocenters. The summed E-state index contributed by atoms with van der Waals surface area (Å²) in [6.07, 6.45) is 5.47. The van der Waals surface area contributed by atoms with E-state index in [1.165, 1.54) is 0 Å². The Labute approximate surface area is 89.9 Å². The fourth-order valence-electron chi connectivity index (χ4n) is 1.12. The van der Waals surface area contributed by atoms with Crippen molar-refractivity contribution in [3.8, 4) is 0 Å². The van der Waals surface area contributed by atoms with Crippen molar-refractivity contribution in [2.45, 2.75) is 6.92 Å². The lowest BCUT2D eigenvalue weighted by molar-refractivity contribution is 0.0526. The van der Waals surface area contributed by atoms with Crippen LogP contribution in [-0.4, -0.2) is 12.6 Å². The molecule has 0 radical (unpaired) electrons. The quantitative estimate of drug-likeness (QED) is 0.554. The van der Waals surface area contributed by atoms with E-state index in [9.17, 15) is 4.79 Å². The Morgan fingerprint density at radius 2 is 2.07 bits per heavy atom. The molecule has 0 N–H and O–H groups in total. The Bertz CT molecular complexity index is 361. The topological polar surface area (TPSA) is 26.3 Å². The molecule has 0 saturated heterocycles. The minimum atomic E-state index is -0.281. The molecule has 1 aromatic rings. The highest BCUT2D eigenvalue weighted by Crippen LogP contribution is 2.07. The predicted octanol–water partition coefficient (Wildman–Crippen LogP) is 3.06. The second-order valence-electron chi connectivity index (χ2n) is 2.94. The SMILES string of the molecule is C=C/C=C\c1ccc(C(=O)OCC)cc1. The highest BCUT2D eigenvalue weighted by molar-refractivity contribution is 5.89. The standard InChI is InChI=1S/C13H14O2/c1-3-5-6-11-7-9-12(10-8-11)13(14)15-4-2/h3,5-10H,1,4H2,2H3/b6-5-. The summed E-state index contributed by atoms with van der Waals surface area (Å²) in [6, 6.07) is 7.24. The molecule has 2 nitrogen and oxygen atoms in total. The molecule has 1 rings (SSSR count). The summed E-state index contributed by atoms with van der Waals surface area (Å²) in [4.78, 5) is 11.3. The van der Waals surface area contributed by atoms with E-state index >= 15 is 0 Å². The number of ether oxygens (including phenoxy) is 1. The van der Waals surface area contributed by atoms with Gasteiger partial charge >= 0.3 is 5.97 Å². The van der Waals surface area contributed by atoms with E-state index in [0.29, 0.717) is 12.2 Å². The minimum Gasteiger partial charge on any atom is -0.462 e. The van der Waals surface area contributed by atoms with Gasteiger partial charge in [-0.05, 0) is 24.6 Å². The van der Waals surface area contributed by atoms with Crippen molar-refractivity contribution < 1.29 is 9.53 Å². The van der Waals surface area contributed by atoms with Gasteiger partial charge in [0.15, 0.2) is 0 Å². The molecular formula is C13H14O2. The van der Waals surface area contributed by atoms with Gasteiger partial charge < -0.3 is 4.74 Å². The highest BCUT2D eigenvalue weighted by atomic mass is 16.5. The average molecular weight is 202 g/mol. The van der Waals surface area contributed by atoms with E-state index < -0.39 is 0 Å². The Hall–Kier alpha value is -1.83. The monoisotopic (exact) mass is 202 g/mol. The zero-order valence-electron chi connectivity index (χ0n) is 8.77. The third kappa shape index (κ3) is 3.43. The number of rotatable bonds is 4. The third-order valence-electron chi connectivity index (χ3n) is 1.85. The predicted molar refractivity (Wildman–Crippen MR) is 61.6 cm³/mol. The van der Waals surface area contributed by atoms with Crippen LogP contribution in [0, 0.1) is 0 Å². The highest BCUT2D eigenvalue weighted by Gasteiger charge is 2.04. The number of allylic oxidation sites excluding steroid dienone is 2. The maximum Gasteiger partial charge on any atom is 0.338 e. The fourth-order valence-corrected chi connectivity index (χ4v) is 1.12. The van der Waals surface area contributed by atoms with E-state index in [2.05, 4.69) is 6.58 Å². The van der Waals surface area contributed by atoms with Crippen molar-refractivity contribution in [2.24, 2.45) is 0 Å². The molecule has 0 atom stereocenters. The van der Waals surface area contributed by atoms with Crippen molar-refractivity contribution in [3.05, 3.63) is 54.1 Å². The summed E-state index contributed by atoms with van der Waals surface area (Å²) in [7, 11) is 0. The maximum absolute atomic E-state index is 11.3. The largest absolute Gasteiger partial charge is 0.462 e. The van der Waals surface area contributed by atoms with E-state index in [0.717, 1.165) is 5.56 Å². The van der Waals surface area contributed by atoms with E-state index in [1.54, 1.807) is 25.1 Å². The summed E-state index contributed by atoms with van der Waals surface area (Å²) < 4.78 is 4.88. The van der Waals surface area contributed by atoms with Gasteiger partial charge in [0.05, 0.1) is 12.2 Å². The molecule has 0 bridgehead atoms. The van der Waals surface area contributed by atoms with Gasteiger partial charge in [0.2, 0.25) is 0 Å². The van der Waals surface area contributed by atoms with Crippen LogP contribution < -0.4 is 0 Å². The van der Waals surface area contributed by atoms with Crippen LogP contribution in [0.4, 0.5) is 0 Å². The molecule has 0 spiro atoms. The first-order valence-electron chi connectivity index (χ1n) is 4.84. The minimum absolute atomic E-state index is 0.281. The van der Waals surface area contributed by atoms with Crippen LogP contribution in [0.25, 0.3) is 6.08 Å². The molecule has 78 valence electrons. The third-order valence-corrected chi connectivity index (χ3v) is 1.85. The lowest BCUT2D eigenvalue weighted by Crippen LogP contribution is -2.03. The second kappa shape index (κ2) is 5.81. The fraction of sp³-hybridized carbons (Fsp3) is 0.154. The Morgan fingerprint density at radius 3 is 2.60 bits per heavy atom. The molecule has 0 aliphatic rings. The van der Waals surface area contributed by atoms with Crippen LogP contribution in [0.15, 0.2) is 43.0 Å². The van der Waals surface area contributed by atoms with Crippen molar-refractivity contribution >= 4 is 12.0 Å². The summed E-state index contributed by atoms with van der Waals surface area (Å²) in [5, 5.41) is 0. The van der Waals surface area contributed by atoms with Crippen LogP contribution in [0.2, 0.25) is 0 Å². The zero-order chi connectivity index (χ0) is 11.1. The smallest absolute Gasteiger partial charge is 0.338 e. The van der Waals surface area contributed by atoms with Crippen LogP contribution in [0.1, 0.15) is 22.8 Å². The summed E-state index contributed by atoms with van der Waals surface area (Å²) in [5.74, 6) is -0.281. The van der Waals surface area contributed by atoms with Gasteiger partial charge in [0, 0.05) is 0 Å². The van der Waals surface area contributed by atoms with Crippen molar-refractivity contribution in [1.82, 2.24) is 0 Å². The number of benzene rings is 1. The number of esters is 1.